The number of benzene rings is 1. The highest BCUT2D eigenvalue weighted by molar-refractivity contribution is 5.86. The number of nitrogens with one attached hydrogen (secondary N) is 1. The van der Waals surface area contributed by atoms with Gasteiger partial charge in [0.25, 0.3) is 0 Å². The van der Waals surface area contributed by atoms with Crippen molar-refractivity contribution in [1.29, 1.82) is 0 Å². The number of hydrogen-bond acceptors (Lipinski definition) is 5. The van der Waals surface area contributed by atoms with E-state index in [1.807, 2.05) is 10.7 Å². The van der Waals surface area contributed by atoms with Crippen molar-refractivity contribution in [3.63, 3.8) is 0 Å². The van der Waals surface area contributed by atoms with Crippen LogP contribution in [0.5, 0.6) is 0 Å². The predicted octanol–water partition coefficient (Wildman–Crippen LogP) is 3.62. The van der Waals surface area contributed by atoms with Crippen molar-refractivity contribution in [3.8, 4) is 11.3 Å². The van der Waals surface area contributed by atoms with E-state index in [4.69, 9.17) is 9.84 Å². The molecule has 1 aromatic carbocycles. The Morgan fingerprint density at radius 3 is 2.83 bits per heavy atom. The van der Waals surface area contributed by atoms with E-state index in [9.17, 15) is 0 Å². The molecule has 0 radical (unpaired) electrons. The highest BCUT2D eigenvalue weighted by Crippen LogP contribution is 2.39. The highest BCUT2D eigenvalue weighted by Gasteiger charge is 2.44. The number of aromatic nitrogens is 5. The van der Waals surface area contributed by atoms with Crippen LogP contribution in [0.25, 0.3) is 27.8 Å². The SMILES string of the molecule is CC(C)c1n[nH]c2ccc(-c3cnc4ccc(N5CCC6(COC6)C5)nn34)cc12. The summed E-state index contributed by atoms with van der Waals surface area (Å²) in [5.41, 5.74) is 5.46. The first kappa shape index (κ1) is 17.0. The molecule has 7 nitrogen and oxygen atoms in total. The van der Waals surface area contributed by atoms with Crippen molar-refractivity contribution in [2.45, 2.75) is 26.2 Å². The molecule has 5 heterocycles. The molecule has 2 fully saturated rings. The van der Waals surface area contributed by atoms with Gasteiger partial charge in [0.2, 0.25) is 0 Å². The minimum absolute atomic E-state index is 0.341. The van der Waals surface area contributed by atoms with Crippen LogP contribution in [0, 0.1) is 5.41 Å². The molecule has 0 saturated carbocycles. The molecular formula is C22H24N6O. The third-order valence-electron chi connectivity index (χ3n) is 6.36. The molecule has 2 saturated heterocycles. The summed E-state index contributed by atoms with van der Waals surface area (Å²) in [6, 6.07) is 10.5. The van der Waals surface area contributed by atoms with Crippen LogP contribution >= 0.6 is 0 Å². The van der Waals surface area contributed by atoms with Gasteiger partial charge < -0.3 is 9.64 Å². The average molecular weight is 388 g/mol. The molecule has 2 aliphatic heterocycles. The third kappa shape index (κ3) is 2.57. The fraction of sp³-hybridized carbons (Fsp3) is 0.409. The summed E-state index contributed by atoms with van der Waals surface area (Å²) in [5.74, 6) is 1.37. The topological polar surface area (TPSA) is 71.3 Å². The van der Waals surface area contributed by atoms with Gasteiger partial charge in [-0.2, -0.15) is 5.10 Å². The summed E-state index contributed by atoms with van der Waals surface area (Å²) in [6.07, 6.45) is 3.09. The zero-order valence-corrected chi connectivity index (χ0v) is 16.7. The molecule has 7 heteroatoms. The van der Waals surface area contributed by atoms with Crippen molar-refractivity contribution >= 4 is 22.4 Å². The molecule has 3 aromatic heterocycles. The molecule has 0 aliphatic carbocycles. The van der Waals surface area contributed by atoms with Gasteiger partial charge in [-0.25, -0.2) is 9.50 Å². The van der Waals surface area contributed by atoms with Crippen LogP contribution in [-0.4, -0.2) is 51.1 Å². The molecule has 148 valence electrons. The number of aromatic amines is 1. The number of nitrogens with zero attached hydrogens (tertiary/aromatic N) is 5. The van der Waals surface area contributed by atoms with Gasteiger partial charge in [0.05, 0.1) is 36.3 Å². The van der Waals surface area contributed by atoms with Gasteiger partial charge >= 0.3 is 0 Å². The standard InChI is InChI=1S/C22H24N6O/c1-14(2)21-16-9-15(3-4-17(16)24-25-21)18-10-23-19-5-6-20(26-28(18)19)27-8-7-22(11-27)12-29-13-22/h3-6,9-10,14H,7-8,11-13H2,1-2H3,(H,24,25). The minimum atomic E-state index is 0.341. The molecule has 0 atom stereocenters. The fourth-order valence-electron chi connectivity index (χ4n) is 4.62. The van der Waals surface area contributed by atoms with Gasteiger partial charge in [-0.1, -0.05) is 19.9 Å². The maximum Gasteiger partial charge on any atom is 0.154 e. The molecule has 0 amide bonds. The van der Waals surface area contributed by atoms with Gasteiger partial charge in [0.1, 0.15) is 5.82 Å². The lowest BCUT2D eigenvalue weighted by Crippen LogP contribution is -2.44. The second-order valence-electron chi connectivity index (χ2n) is 8.79. The van der Waals surface area contributed by atoms with Crippen molar-refractivity contribution in [3.05, 3.63) is 42.2 Å². The van der Waals surface area contributed by atoms with Crippen LogP contribution in [-0.2, 0) is 4.74 Å². The summed E-state index contributed by atoms with van der Waals surface area (Å²) >= 11 is 0. The quantitative estimate of drug-likeness (QED) is 0.580. The van der Waals surface area contributed by atoms with Crippen LogP contribution in [0.3, 0.4) is 0 Å². The lowest BCUT2D eigenvalue weighted by molar-refractivity contribution is -0.0985. The van der Waals surface area contributed by atoms with Crippen molar-refractivity contribution in [2.75, 3.05) is 31.2 Å². The van der Waals surface area contributed by atoms with Crippen LogP contribution in [0.2, 0.25) is 0 Å². The smallest absolute Gasteiger partial charge is 0.154 e. The fourth-order valence-corrected chi connectivity index (χ4v) is 4.62. The monoisotopic (exact) mass is 388 g/mol. The Morgan fingerprint density at radius 2 is 2.07 bits per heavy atom. The first-order valence-electron chi connectivity index (χ1n) is 10.3. The molecular weight excluding hydrogens is 364 g/mol. The maximum absolute atomic E-state index is 5.46. The Kier molecular flexibility index (Phi) is 3.53. The summed E-state index contributed by atoms with van der Waals surface area (Å²) in [5, 5.41) is 13.8. The zero-order valence-electron chi connectivity index (χ0n) is 16.7. The van der Waals surface area contributed by atoms with Crippen molar-refractivity contribution in [1.82, 2.24) is 24.8 Å². The number of imidazole rings is 1. The first-order valence-corrected chi connectivity index (χ1v) is 10.3. The lowest BCUT2D eigenvalue weighted by atomic mass is 9.85. The third-order valence-corrected chi connectivity index (χ3v) is 6.36. The second kappa shape index (κ2) is 6.03. The minimum Gasteiger partial charge on any atom is -0.380 e. The molecule has 0 unspecified atom stereocenters. The molecule has 2 aliphatic rings. The van der Waals surface area contributed by atoms with Gasteiger partial charge in [0, 0.05) is 29.5 Å². The Hall–Kier alpha value is -2.93. The largest absolute Gasteiger partial charge is 0.380 e. The lowest BCUT2D eigenvalue weighted by Gasteiger charge is -2.37. The van der Waals surface area contributed by atoms with Crippen molar-refractivity contribution in [2.24, 2.45) is 5.41 Å². The Morgan fingerprint density at radius 1 is 1.17 bits per heavy atom. The second-order valence-corrected chi connectivity index (χ2v) is 8.79. The van der Waals surface area contributed by atoms with Crippen LogP contribution in [0.1, 0.15) is 31.9 Å². The van der Waals surface area contributed by atoms with E-state index < -0.39 is 0 Å². The van der Waals surface area contributed by atoms with Gasteiger partial charge in [0.15, 0.2) is 5.65 Å². The number of anilines is 1. The summed E-state index contributed by atoms with van der Waals surface area (Å²) in [4.78, 5) is 6.96. The van der Waals surface area contributed by atoms with E-state index in [0.717, 1.165) is 65.6 Å². The zero-order chi connectivity index (χ0) is 19.6. The van der Waals surface area contributed by atoms with E-state index >= 15 is 0 Å². The highest BCUT2D eigenvalue weighted by atomic mass is 16.5. The molecule has 1 N–H and O–H groups in total. The predicted molar refractivity (Wildman–Crippen MR) is 112 cm³/mol. The number of hydrogen-bond donors (Lipinski definition) is 1. The van der Waals surface area contributed by atoms with E-state index in [0.29, 0.717) is 11.3 Å². The molecule has 4 aromatic rings. The Balaban J connectivity index is 1.42. The van der Waals surface area contributed by atoms with Crippen LogP contribution < -0.4 is 4.90 Å². The van der Waals surface area contributed by atoms with E-state index in [2.05, 4.69) is 64.3 Å². The number of fused-ring (bicyclic) bond motifs is 2. The van der Waals surface area contributed by atoms with E-state index in [-0.39, 0.29) is 0 Å². The first-order chi connectivity index (χ1) is 14.1. The maximum atomic E-state index is 5.46. The van der Waals surface area contributed by atoms with Crippen LogP contribution in [0.4, 0.5) is 5.82 Å². The van der Waals surface area contributed by atoms with Crippen molar-refractivity contribution < 1.29 is 4.74 Å². The number of H-pyrrole nitrogens is 1. The Labute approximate surface area is 168 Å². The average Bonchev–Trinajstić information content (AvgIpc) is 3.42. The molecule has 6 rings (SSSR count). The van der Waals surface area contributed by atoms with Crippen LogP contribution in [0.15, 0.2) is 36.5 Å². The van der Waals surface area contributed by atoms with E-state index in [1.54, 1.807) is 0 Å². The van der Waals surface area contributed by atoms with Gasteiger partial charge in [-0.3, -0.25) is 5.10 Å². The molecule has 0 bridgehead atoms. The summed E-state index contributed by atoms with van der Waals surface area (Å²) in [7, 11) is 0. The Bertz CT molecular complexity index is 1220. The number of ether oxygens (including phenoxy) is 1. The summed E-state index contributed by atoms with van der Waals surface area (Å²) in [6.45, 7) is 8.15. The normalized spacial score (nSPS) is 18.4. The van der Waals surface area contributed by atoms with Gasteiger partial charge in [-0.15, -0.1) is 5.10 Å². The number of rotatable bonds is 3. The molecule has 1 spiro atoms. The summed E-state index contributed by atoms with van der Waals surface area (Å²) < 4.78 is 7.43. The molecule has 29 heavy (non-hydrogen) atoms. The van der Waals surface area contributed by atoms with E-state index in [1.165, 1.54) is 6.42 Å². The van der Waals surface area contributed by atoms with Gasteiger partial charge in [-0.05, 0) is 36.6 Å².